The predicted molar refractivity (Wildman–Crippen MR) is 80.5 cm³/mol. The fourth-order valence-corrected chi connectivity index (χ4v) is 3.75. The monoisotopic (exact) mass is 282 g/mol. The average molecular weight is 282 g/mol. The number of nitrogens with zero attached hydrogens (tertiary/aromatic N) is 1. The lowest BCUT2D eigenvalue weighted by molar-refractivity contribution is -0.00927. The van der Waals surface area contributed by atoms with Crippen LogP contribution >= 0.6 is 11.3 Å². The molecule has 0 aliphatic heterocycles. The van der Waals surface area contributed by atoms with Gasteiger partial charge in [0.05, 0.1) is 16.8 Å². The minimum absolute atomic E-state index is 0.0737. The average Bonchev–Trinajstić information content (AvgIpc) is 2.82. The van der Waals surface area contributed by atoms with E-state index in [9.17, 15) is 0 Å². The Bertz CT molecular complexity index is 374. The minimum atomic E-state index is 0.0737. The van der Waals surface area contributed by atoms with E-state index in [1.54, 1.807) is 11.3 Å². The van der Waals surface area contributed by atoms with E-state index in [2.05, 4.69) is 17.3 Å². The van der Waals surface area contributed by atoms with E-state index in [1.807, 2.05) is 6.92 Å². The molecule has 0 saturated heterocycles. The van der Waals surface area contributed by atoms with Crippen LogP contribution in [0.1, 0.15) is 49.7 Å². The molecule has 2 rings (SSSR count). The number of rotatable bonds is 6. The van der Waals surface area contributed by atoms with E-state index in [0.717, 1.165) is 23.7 Å². The van der Waals surface area contributed by atoms with Crippen molar-refractivity contribution in [3.8, 4) is 0 Å². The second kappa shape index (κ2) is 7.36. The van der Waals surface area contributed by atoms with Gasteiger partial charge in [-0.15, -0.1) is 11.3 Å². The fraction of sp³-hybridized carbons (Fsp3) is 0.800. The number of nitrogens with two attached hydrogens (primary N) is 1. The van der Waals surface area contributed by atoms with Gasteiger partial charge in [0, 0.05) is 24.4 Å². The Hall–Kier alpha value is -0.450. The van der Waals surface area contributed by atoms with E-state index in [4.69, 9.17) is 10.5 Å². The Morgan fingerprint density at radius 2 is 2.16 bits per heavy atom. The first kappa shape index (κ1) is 14.9. The third-order valence-corrected chi connectivity index (χ3v) is 4.83. The molecule has 1 aromatic rings. The van der Waals surface area contributed by atoms with Gasteiger partial charge < -0.3 is 10.5 Å². The molecule has 1 aromatic heterocycles. The van der Waals surface area contributed by atoms with E-state index in [-0.39, 0.29) is 12.1 Å². The highest BCUT2D eigenvalue weighted by Crippen LogP contribution is 2.30. The Balaban J connectivity index is 1.96. The Labute approximate surface area is 120 Å². The lowest BCUT2D eigenvalue weighted by Crippen LogP contribution is -2.44. The van der Waals surface area contributed by atoms with Crippen LogP contribution in [0.4, 0.5) is 0 Å². The van der Waals surface area contributed by atoms with Crippen molar-refractivity contribution in [3.05, 3.63) is 16.1 Å². The van der Waals surface area contributed by atoms with E-state index in [1.165, 1.54) is 32.1 Å². The van der Waals surface area contributed by atoms with E-state index < -0.39 is 0 Å². The molecule has 0 radical (unpaired) electrons. The second-order valence-corrected chi connectivity index (χ2v) is 6.61. The van der Waals surface area contributed by atoms with Gasteiger partial charge in [-0.05, 0) is 32.6 Å². The van der Waals surface area contributed by atoms with Crippen LogP contribution in [0.2, 0.25) is 0 Å². The summed E-state index contributed by atoms with van der Waals surface area (Å²) in [6.07, 6.45) is 7.62. The zero-order valence-electron chi connectivity index (χ0n) is 12.1. The third-order valence-electron chi connectivity index (χ3n) is 4.01. The van der Waals surface area contributed by atoms with Crippen LogP contribution in [-0.4, -0.2) is 23.7 Å². The summed E-state index contributed by atoms with van der Waals surface area (Å²) in [5, 5.41) is 3.24. The van der Waals surface area contributed by atoms with E-state index in [0.29, 0.717) is 5.92 Å². The number of aryl methyl sites for hydroxylation is 1. The van der Waals surface area contributed by atoms with Crippen molar-refractivity contribution in [2.75, 3.05) is 6.61 Å². The quantitative estimate of drug-likeness (QED) is 0.871. The van der Waals surface area contributed by atoms with Gasteiger partial charge in [-0.25, -0.2) is 4.98 Å². The first-order valence-electron chi connectivity index (χ1n) is 7.49. The summed E-state index contributed by atoms with van der Waals surface area (Å²) in [6, 6.07) is 0.0737. The van der Waals surface area contributed by atoms with Gasteiger partial charge >= 0.3 is 0 Å². The summed E-state index contributed by atoms with van der Waals surface area (Å²) in [5.41, 5.74) is 7.54. The zero-order chi connectivity index (χ0) is 13.7. The van der Waals surface area contributed by atoms with Crippen molar-refractivity contribution < 1.29 is 4.74 Å². The highest BCUT2D eigenvalue weighted by Gasteiger charge is 2.29. The van der Waals surface area contributed by atoms with Crippen LogP contribution in [0.15, 0.2) is 5.38 Å². The number of hydrogen-bond acceptors (Lipinski definition) is 4. The molecule has 0 spiro atoms. The van der Waals surface area contributed by atoms with Gasteiger partial charge in [0.15, 0.2) is 0 Å². The largest absolute Gasteiger partial charge is 0.377 e. The van der Waals surface area contributed by atoms with Gasteiger partial charge in [-0.1, -0.05) is 19.3 Å². The summed E-state index contributed by atoms with van der Waals surface area (Å²) in [7, 11) is 0. The smallest absolute Gasteiger partial charge is 0.0897 e. The number of ether oxygens (including phenoxy) is 1. The molecule has 3 nitrogen and oxygen atoms in total. The standard InChI is InChI=1S/C15H26N2OS/c1-3-18-15(12-7-5-4-6-8-12)14(16)9-13-10-19-11(2)17-13/h10,12,14-15H,3-9,16H2,1-2H3. The molecule has 0 amide bonds. The van der Waals surface area contributed by atoms with Crippen LogP contribution in [0.25, 0.3) is 0 Å². The van der Waals surface area contributed by atoms with Crippen molar-refractivity contribution in [2.45, 2.75) is 64.5 Å². The Kier molecular flexibility index (Phi) is 5.79. The topological polar surface area (TPSA) is 48.1 Å². The molecular weight excluding hydrogens is 256 g/mol. The van der Waals surface area contributed by atoms with Crippen molar-refractivity contribution in [3.63, 3.8) is 0 Å². The van der Waals surface area contributed by atoms with Crippen LogP contribution in [-0.2, 0) is 11.2 Å². The normalized spacial score (nSPS) is 20.4. The molecule has 1 saturated carbocycles. The molecule has 1 aliphatic rings. The molecule has 19 heavy (non-hydrogen) atoms. The first-order valence-corrected chi connectivity index (χ1v) is 8.37. The van der Waals surface area contributed by atoms with Crippen LogP contribution in [0, 0.1) is 12.8 Å². The van der Waals surface area contributed by atoms with Gasteiger partial charge in [0.1, 0.15) is 0 Å². The predicted octanol–water partition coefficient (Wildman–Crippen LogP) is 3.31. The minimum Gasteiger partial charge on any atom is -0.377 e. The first-order chi connectivity index (χ1) is 9.20. The lowest BCUT2D eigenvalue weighted by atomic mass is 9.82. The summed E-state index contributed by atoms with van der Waals surface area (Å²) in [4.78, 5) is 4.52. The zero-order valence-corrected chi connectivity index (χ0v) is 12.9. The fourth-order valence-electron chi connectivity index (χ4n) is 3.12. The molecule has 2 N–H and O–H groups in total. The van der Waals surface area contributed by atoms with Gasteiger partial charge in [-0.2, -0.15) is 0 Å². The summed E-state index contributed by atoms with van der Waals surface area (Å²) >= 11 is 1.70. The maximum Gasteiger partial charge on any atom is 0.0897 e. The highest BCUT2D eigenvalue weighted by atomic mass is 32.1. The second-order valence-electron chi connectivity index (χ2n) is 5.54. The van der Waals surface area contributed by atoms with E-state index >= 15 is 0 Å². The number of thiazole rings is 1. The Morgan fingerprint density at radius 1 is 1.42 bits per heavy atom. The molecule has 0 aromatic carbocycles. The van der Waals surface area contributed by atoms with Crippen LogP contribution < -0.4 is 5.73 Å². The van der Waals surface area contributed by atoms with Crippen molar-refractivity contribution in [2.24, 2.45) is 11.7 Å². The summed E-state index contributed by atoms with van der Waals surface area (Å²) < 4.78 is 5.97. The summed E-state index contributed by atoms with van der Waals surface area (Å²) in [6.45, 7) is 4.86. The van der Waals surface area contributed by atoms with Gasteiger partial charge in [0.25, 0.3) is 0 Å². The molecule has 2 unspecified atom stereocenters. The van der Waals surface area contributed by atoms with Crippen LogP contribution in [0.3, 0.4) is 0 Å². The Morgan fingerprint density at radius 3 is 2.74 bits per heavy atom. The van der Waals surface area contributed by atoms with Crippen molar-refractivity contribution in [1.82, 2.24) is 4.98 Å². The summed E-state index contributed by atoms with van der Waals surface area (Å²) in [5.74, 6) is 0.642. The van der Waals surface area contributed by atoms with Gasteiger partial charge in [0.2, 0.25) is 0 Å². The van der Waals surface area contributed by atoms with Crippen molar-refractivity contribution in [1.29, 1.82) is 0 Å². The SMILES string of the molecule is CCOC(C(N)Cc1csc(C)n1)C1CCCCC1. The molecular formula is C15H26N2OS. The molecule has 0 bridgehead atoms. The number of aromatic nitrogens is 1. The molecule has 108 valence electrons. The molecule has 1 aliphatic carbocycles. The van der Waals surface area contributed by atoms with Crippen LogP contribution in [0.5, 0.6) is 0 Å². The molecule has 1 heterocycles. The lowest BCUT2D eigenvalue weighted by Gasteiger charge is -2.33. The maximum atomic E-state index is 6.42. The highest BCUT2D eigenvalue weighted by molar-refractivity contribution is 7.09. The van der Waals surface area contributed by atoms with Gasteiger partial charge in [-0.3, -0.25) is 0 Å². The molecule has 1 fully saturated rings. The molecule has 4 heteroatoms. The van der Waals surface area contributed by atoms with Crippen molar-refractivity contribution >= 4 is 11.3 Å². The maximum absolute atomic E-state index is 6.42. The molecule has 2 atom stereocenters. The third kappa shape index (κ3) is 4.26. The number of hydrogen-bond donors (Lipinski definition) is 1.